The molecule has 1 aromatic carbocycles. The summed E-state index contributed by atoms with van der Waals surface area (Å²) in [6.45, 7) is 4.06. The van der Waals surface area contributed by atoms with Gasteiger partial charge in [0.05, 0.1) is 5.69 Å². The molecule has 0 unspecified atom stereocenters. The van der Waals surface area contributed by atoms with E-state index in [2.05, 4.69) is 11.9 Å². The van der Waals surface area contributed by atoms with E-state index in [-0.39, 0.29) is 11.6 Å². The Morgan fingerprint density at radius 3 is 3.00 bits per heavy atom. The maximum atomic E-state index is 13.4. The van der Waals surface area contributed by atoms with E-state index in [1.807, 2.05) is 0 Å². The molecule has 1 heterocycles. The van der Waals surface area contributed by atoms with Crippen LogP contribution >= 0.6 is 0 Å². The molecule has 0 atom stereocenters. The summed E-state index contributed by atoms with van der Waals surface area (Å²) in [5.41, 5.74) is 1.40. The predicted octanol–water partition coefficient (Wildman–Crippen LogP) is 2.47. The second-order valence-corrected chi connectivity index (χ2v) is 3.23. The molecule has 0 spiro atoms. The highest BCUT2D eigenvalue weighted by atomic mass is 19.1. The van der Waals surface area contributed by atoms with E-state index in [1.165, 1.54) is 12.1 Å². The molecule has 3 heteroatoms. The van der Waals surface area contributed by atoms with Crippen molar-refractivity contribution >= 4 is 17.5 Å². The molecule has 1 aromatic rings. The minimum Gasteiger partial charge on any atom is -0.382 e. The third kappa shape index (κ3) is 1.31. The van der Waals surface area contributed by atoms with E-state index in [0.717, 1.165) is 0 Å². The van der Waals surface area contributed by atoms with Crippen molar-refractivity contribution in [2.45, 2.75) is 6.42 Å². The number of benzene rings is 1. The van der Waals surface area contributed by atoms with Gasteiger partial charge in [-0.2, -0.15) is 0 Å². The zero-order chi connectivity index (χ0) is 10.1. The first-order valence-electron chi connectivity index (χ1n) is 4.45. The quantitative estimate of drug-likeness (QED) is 0.738. The lowest BCUT2D eigenvalue weighted by Gasteiger charge is -2.17. The number of rotatable bonds is 1. The van der Waals surface area contributed by atoms with Crippen LogP contribution in [-0.4, -0.2) is 12.3 Å². The Balaban J connectivity index is 2.62. The highest BCUT2D eigenvalue weighted by Gasteiger charge is 2.20. The summed E-state index contributed by atoms with van der Waals surface area (Å²) in [6.07, 6.45) is 1.96. The smallest absolute Gasteiger partial charge is 0.166 e. The van der Waals surface area contributed by atoms with Gasteiger partial charge in [0, 0.05) is 18.5 Å². The Labute approximate surface area is 81.4 Å². The fraction of sp³-hybridized carbons (Fsp3) is 0.182. The van der Waals surface area contributed by atoms with E-state index in [0.29, 0.717) is 29.8 Å². The first kappa shape index (κ1) is 8.94. The van der Waals surface area contributed by atoms with E-state index >= 15 is 0 Å². The van der Waals surface area contributed by atoms with Gasteiger partial charge in [0.1, 0.15) is 5.82 Å². The Hall–Kier alpha value is -1.64. The number of nitrogens with one attached hydrogen (secondary N) is 1. The molecule has 0 aromatic heterocycles. The largest absolute Gasteiger partial charge is 0.382 e. The first-order chi connectivity index (χ1) is 6.72. The minimum atomic E-state index is -0.384. The number of fused-ring (bicyclic) bond motifs is 1. The number of carbonyl (C=O) groups excluding carboxylic acids is 1. The lowest BCUT2D eigenvalue weighted by Crippen LogP contribution is -2.19. The number of ketones is 1. The maximum Gasteiger partial charge on any atom is 0.166 e. The number of Topliss-reactive ketones (excluding diaryl/α,β-unsaturated/α-hetero) is 1. The number of anilines is 1. The number of hydrogen-bond acceptors (Lipinski definition) is 2. The van der Waals surface area contributed by atoms with E-state index in [4.69, 9.17) is 0 Å². The second kappa shape index (κ2) is 3.25. The third-order valence-electron chi connectivity index (χ3n) is 2.30. The van der Waals surface area contributed by atoms with Crippen LogP contribution in [0.3, 0.4) is 0 Å². The molecular weight excluding hydrogens is 181 g/mol. The van der Waals surface area contributed by atoms with Gasteiger partial charge in [-0.3, -0.25) is 4.79 Å². The molecule has 1 N–H and O–H groups in total. The Kier molecular flexibility index (Phi) is 2.08. The Morgan fingerprint density at radius 1 is 1.50 bits per heavy atom. The zero-order valence-electron chi connectivity index (χ0n) is 7.64. The summed E-state index contributed by atoms with van der Waals surface area (Å²) in [7, 11) is 0. The van der Waals surface area contributed by atoms with Gasteiger partial charge in [-0.1, -0.05) is 12.7 Å². The summed E-state index contributed by atoms with van der Waals surface area (Å²) >= 11 is 0. The van der Waals surface area contributed by atoms with Gasteiger partial charge in [0.25, 0.3) is 0 Å². The molecule has 0 radical (unpaired) electrons. The molecule has 2 nitrogen and oxygen atoms in total. The Morgan fingerprint density at radius 2 is 2.29 bits per heavy atom. The number of hydrogen-bond donors (Lipinski definition) is 1. The van der Waals surface area contributed by atoms with E-state index in [9.17, 15) is 9.18 Å². The van der Waals surface area contributed by atoms with Crippen LogP contribution in [0.1, 0.15) is 22.3 Å². The van der Waals surface area contributed by atoms with Crippen molar-refractivity contribution in [1.82, 2.24) is 0 Å². The summed E-state index contributed by atoms with van der Waals surface area (Å²) in [5.74, 6) is -0.396. The fourth-order valence-electron chi connectivity index (χ4n) is 1.58. The molecule has 0 aliphatic carbocycles. The first-order valence-corrected chi connectivity index (χ1v) is 4.45. The fourth-order valence-corrected chi connectivity index (χ4v) is 1.58. The summed E-state index contributed by atoms with van der Waals surface area (Å²) < 4.78 is 13.4. The van der Waals surface area contributed by atoms with Gasteiger partial charge in [0.2, 0.25) is 0 Å². The van der Waals surface area contributed by atoms with Crippen LogP contribution in [0.4, 0.5) is 10.1 Å². The van der Waals surface area contributed by atoms with Crippen molar-refractivity contribution in [2.75, 3.05) is 11.9 Å². The lowest BCUT2D eigenvalue weighted by atomic mass is 9.99. The van der Waals surface area contributed by atoms with Crippen LogP contribution in [0.2, 0.25) is 0 Å². The van der Waals surface area contributed by atoms with E-state index < -0.39 is 0 Å². The average Bonchev–Trinajstić information content (AvgIpc) is 2.19. The average molecular weight is 191 g/mol. The molecule has 1 aliphatic heterocycles. The number of halogens is 1. The summed E-state index contributed by atoms with van der Waals surface area (Å²) in [6, 6.07) is 3.04. The minimum absolute atomic E-state index is 0.0126. The Bertz CT molecular complexity index is 412. The van der Waals surface area contributed by atoms with Crippen LogP contribution in [0.25, 0.3) is 6.08 Å². The molecule has 0 saturated carbocycles. The predicted molar refractivity (Wildman–Crippen MR) is 53.9 cm³/mol. The summed E-state index contributed by atoms with van der Waals surface area (Å²) in [4.78, 5) is 11.5. The molecule has 2 rings (SSSR count). The maximum absolute atomic E-state index is 13.4. The van der Waals surface area contributed by atoms with Crippen molar-refractivity contribution in [3.8, 4) is 0 Å². The SMILES string of the molecule is C=Cc1cc(F)c2c(c1)C(=O)CCN2. The van der Waals surface area contributed by atoms with Crippen molar-refractivity contribution in [3.63, 3.8) is 0 Å². The second-order valence-electron chi connectivity index (χ2n) is 3.23. The van der Waals surface area contributed by atoms with Gasteiger partial charge in [0.15, 0.2) is 5.78 Å². The molecular formula is C11H10FNO. The number of carbonyl (C=O) groups is 1. The van der Waals surface area contributed by atoms with Gasteiger partial charge in [-0.15, -0.1) is 0 Å². The van der Waals surface area contributed by atoms with Gasteiger partial charge in [-0.25, -0.2) is 4.39 Å². The van der Waals surface area contributed by atoms with Crippen molar-refractivity contribution in [3.05, 3.63) is 35.7 Å². The molecule has 72 valence electrons. The van der Waals surface area contributed by atoms with Crippen LogP contribution in [0.5, 0.6) is 0 Å². The van der Waals surface area contributed by atoms with Crippen LogP contribution in [0, 0.1) is 5.82 Å². The zero-order valence-corrected chi connectivity index (χ0v) is 7.64. The van der Waals surface area contributed by atoms with Crippen LogP contribution in [0.15, 0.2) is 18.7 Å². The lowest BCUT2D eigenvalue weighted by molar-refractivity contribution is 0.0983. The molecule has 14 heavy (non-hydrogen) atoms. The monoisotopic (exact) mass is 191 g/mol. The van der Waals surface area contributed by atoms with Crippen molar-refractivity contribution in [2.24, 2.45) is 0 Å². The molecule has 0 saturated heterocycles. The van der Waals surface area contributed by atoms with Crippen LogP contribution in [-0.2, 0) is 0 Å². The van der Waals surface area contributed by atoms with E-state index in [1.54, 1.807) is 6.07 Å². The van der Waals surface area contributed by atoms with Crippen LogP contribution < -0.4 is 5.32 Å². The third-order valence-corrected chi connectivity index (χ3v) is 2.30. The molecule has 0 fully saturated rings. The highest BCUT2D eigenvalue weighted by Crippen LogP contribution is 2.26. The van der Waals surface area contributed by atoms with Gasteiger partial charge < -0.3 is 5.32 Å². The normalized spacial score (nSPS) is 14.5. The topological polar surface area (TPSA) is 29.1 Å². The van der Waals surface area contributed by atoms with Crippen molar-refractivity contribution in [1.29, 1.82) is 0 Å². The standard InChI is InChI=1S/C11H10FNO/c1-2-7-5-8-10(14)3-4-13-11(8)9(12)6-7/h2,5-6,13H,1,3-4H2. The molecule has 1 aliphatic rings. The molecule has 0 bridgehead atoms. The van der Waals surface area contributed by atoms with Gasteiger partial charge >= 0.3 is 0 Å². The molecule has 0 amide bonds. The highest BCUT2D eigenvalue weighted by molar-refractivity contribution is 6.03. The summed E-state index contributed by atoms with van der Waals surface area (Å²) in [5, 5.41) is 2.88. The van der Waals surface area contributed by atoms with Crippen molar-refractivity contribution < 1.29 is 9.18 Å². The van der Waals surface area contributed by atoms with Gasteiger partial charge in [-0.05, 0) is 17.7 Å².